The second-order valence-corrected chi connectivity index (χ2v) is 16.2. The first-order valence-electron chi connectivity index (χ1n) is 19.7. The number of H-pyrrole nitrogens is 1. The maximum atomic E-state index is 13.9. The Labute approximate surface area is 319 Å². The quantitative estimate of drug-likeness (QED) is 0.0624. The van der Waals surface area contributed by atoms with Crippen molar-refractivity contribution in [3.63, 3.8) is 0 Å². The maximum absolute atomic E-state index is 13.9. The maximum Gasteiger partial charge on any atom is 0.433 e. The van der Waals surface area contributed by atoms with Crippen LogP contribution in [0.5, 0.6) is 0 Å². The average molecular weight is 804 g/mol. The summed E-state index contributed by atoms with van der Waals surface area (Å²) in [6.45, 7) is 0.943. The van der Waals surface area contributed by atoms with Crippen molar-refractivity contribution in [2.45, 2.75) is 159 Å². The van der Waals surface area contributed by atoms with Crippen LogP contribution >= 0.6 is 7.75 Å². The van der Waals surface area contributed by atoms with E-state index in [0.717, 1.165) is 39.5 Å². The van der Waals surface area contributed by atoms with Gasteiger partial charge in [-0.1, -0.05) is 103 Å². The zero-order valence-electron chi connectivity index (χ0n) is 31.6. The first-order valence-corrected chi connectivity index (χ1v) is 21.2. The molecule has 1 unspecified atom stereocenters. The van der Waals surface area contributed by atoms with Crippen molar-refractivity contribution < 1.29 is 48.3 Å². The number of nitrogens with one attached hydrogen (secondary N) is 1. The fourth-order valence-corrected chi connectivity index (χ4v) is 8.23. The number of nitrogens with zero attached hydrogens (tertiary/aromatic N) is 4. The summed E-state index contributed by atoms with van der Waals surface area (Å²) >= 11 is 0. The van der Waals surface area contributed by atoms with Gasteiger partial charge in [0, 0.05) is 19.2 Å². The summed E-state index contributed by atoms with van der Waals surface area (Å²) in [4.78, 5) is 53.8. The van der Waals surface area contributed by atoms with Gasteiger partial charge >= 0.3 is 19.1 Å². The molecule has 6 N–H and O–H groups in total. The second-order valence-electron chi connectivity index (χ2n) is 14.5. The number of aromatic nitrogens is 4. The van der Waals surface area contributed by atoms with E-state index in [-0.39, 0.29) is 18.8 Å². The second kappa shape index (κ2) is 22.2. The van der Waals surface area contributed by atoms with Crippen LogP contribution in [0.2, 0.25) is 0 Å². The van der Waals surface area contributed by atoms with Gasteiger partial charge in [-0.25, -0.2) is 14.2 Å². The van der Waals surface area contributed by atoms with Gasteiger partial charge in [0.1, 0.15) is 36.5 Å². The summed E-state index contributed by atoms with van der Waals surface area (Å²) in [5.41, 5.74) is -3.16. The summed E-state index contributed by atoms with van der Waals surface area (Å²) in [5.74, 6) is -1.46. The number of unbranched alkanes of at least 4 members (excludes halogenated alkanes) is 15. The van der Waals surface area contributed by atoms with E-state index in [9.17, 15) is 48.7 Å². The molecule has 2 aliphatic rings. The molecule has 2 saturated heterocycles. The zero-order chi connectivity index (χ0) is 40.0. The highest BCUT2D eigenvalue weighted by molar-refractivity contribution is 7.54. The lowest BCUT2D eigenvalue weighted by Gasteiger charge is -2.29. The molecule has 0 radical (unpaired) electrons. The molecule has 4 rings (SSSR count). The Morgan fingerprint density at radius 3 is 2.02 bits per heavy atom. The molecule has 19 heteroatoms. The summed E-state index contributed by atoms with van der Waals surface area (Å²) in [6.07, 6.45) is 10.6. The predicted molar refractivity (Wildman–Crippen MR) is 200 cm³/mol. The lowest BCUT2D eigenvalue weighted by molar-refractivity contribution is -0.0549. The van der Waals surface area contributed by atoms with Gasteiger partial charge in [-0.05, 0) is 12.5 Å². The molecular formula is C36H59FN5O12P. The molecule has 0 aromatic carbocycles. The van der Waals surface area contributed by atoms with E-state index in [0.29, 0.717) is 19.0 Å². The number of aliphatic hydroxyl groups excluding tert-OH is 4. The smallest absolute Gasteiger partial charge is 0.394 e. The summed E-state index contributed by atoms with van der Waals surface area (Å²) in [6, 6.07) is 1.25. The molecule has 2 aromatic heterocycles. The van der Waals surface area contributed by atoms with E-state index < -0.39 is 86.7 Å². The van der Waals surface area contributed by atoms with Gasteiger partial charge in [0.15, 0.2) is 6.23 Å². The fraction of sp³-hybridized carbons (Fsp3) is 0.778. The molecule has 2 fully saturated rings. The number of anilines is 1. The molecule has 4 heterocycles. The molecule has 2 aliphatic heterocycles. The van der Waals surface area contributed by atoms with E-state index in [1.807, 2.05) is 4.98 Å². The van der Waals surface area contributed by atoms with Gasteiger partial charge in [0.25, 0.3) is 5.56 Å². The Morgan fingerprint density at radius 2 is 1.47 bits per heavy atom. The number of aromatic amines is 1. The molecule has 0 saturated carbocycles. The summed E-state index contributed by atoms with van der Waals surface area (Å²) in [5, 5.41) is 40.6. The van der Waals surface area contributed by atoms with Crippen LogP contribution < -0.4 is 21.6 Å². The van der Waals surface area contributed by atoms with Crippen LogP contribution in [0, 0.1) is 5.82 Å². The van der Waals surface area contributed by atoms with Crippen LogP contribution in [0.4, 0.5) is 10.2 Å². The van der Waals surface area contributed by atoms with Gasteiger partial charge in [-0.15, -0.1) is 0 Å². The van der Waals surface area contributed by atoms with Crippen molar-refractivity contribution in [3.05, 3.63) is 55.6 Å². The molecular weight excluding hydrogens is 744 g/mol. The lowest BCUT2D eigenvalue weighted by atomic mass is 10.0. The standard InChI is InChI=1S/C36H59FN5O12P/c1-2-3-4-5-6-7-8-9-10-11-12-13-14-15-16-17-19-42(29-18-20-40(35(48)38-29)34-32(46)31(45)27(23-43)54-34)55(50,51)52-24-28-26(44)21-30(53-28)41-22-25(37)33(47)39-36(41)49/h18,20,22,26-28,30-32,34,43-46H,2-17,19,21,23-24H2,1H3,(H,50,51)(H,39,47,49)/t26-,27+,28+,30+,31+,32-,34+/m0/s1. The van der Waals surface area contributed by atoms with E-state index in [4.69, 9.17) is 14.0 Å². The number of halogens is 1. The van der Waals surface area contributed by atoms with E-state index in [1.54, 1.807) is 0 Å². The van der Waals surface area contributed by atoms with Crippen molar-refractivity contribution in [1.29, 1.82) is 0 Å². The number of hydrogen-bond donors (Lipinski definition) is 6. The molecule has 55 heavy (non-hydrogen) atoms. The third-order valence-electron chi connectivity index (χ3n) is 10.2. The third-order valence-corrected chi connectivity index (χ3v) is 11.7. The first-order chi connectivity index (χ1) is 26.4. The molecule has 0 bridgehead atoms. The van der Waals surface area contributed by atoms with E-state index in [2.05, 4.69) is 11.9 Å². The SMILES string of the molecule is CCCCCCCCCCCCCCCCCCN(c1ccn([C@@H]2O[C@H](CO)[C@@H](O)[C@@H]2O)c(=O)n1)P(=O)(O)OC[C@H]1O[C@@H](n2cc(F)c(=O)[nH]c2=O)C[C@@H]1O. The van der Waals surface area contributed by atoms with Crippen LogP contribution in [0.1, 0.15) is 129 Å². The van der Waals surface area contributed by atoms with Crippen molar-refractivity contribution >= 4 is 13.6 Å². The number of rotatable bonds is 25. The lowest BCUT2D eigenvalue weighted by Crippen LogP contribution is -2.37. The van der Waals surface area contributed by atoms with Gasteiger partial charge < -0.3 is 34.8 Å². The molecule has 312 valence electrons. The molecule has 0 aliphatic carbocycles. The van der Waals surface area contributed by atoms with Crippen molar-refractivity contribution in [2.24, 2.45) is 0 Å². The Morgan fingerprint density at radius 1 is 0.891 bits per heavy atom. The van der Waals surface area contributed by atoms with Gasteiger partial charge in [0.05, 0.1) is 25.5 Å². The van der Waals surface area contributed by atoms with Crippen LogP contribution in [0.15, 0.2) is 32.8 Å². The Hall–Kier alpha value is -2.80. The Bertz CT molecular complexity index is 1690. The van der Waals surface area contributed by atoms with Gasteiger partial charge in [-0.2, -0.15) is 9.37 Å². The molecule has 0 spiro atoms. The Kier molecular flexibility index (Phi) is 18.1. The minimum absolute atomic E-state index is 0.0424. The van der Waals surface area contributed by atoms with Gasteiger partial charge in [0.2, 0.25) is 5.82 Å². The van der Waals surface area contributed by atoms with Crippen molar-refractivity contribution in [3.8, 4) is 0 Å². The fourth-order valence-electron chi connectivity index (χ4n) is 6.98. The third kappa shape index (κ3) is 12.9. The largest absolute Gasteiger partial charge is 0.433 e. The highest BCUT2D eigenvalue weighted by atomic mass is 31.2. The molecule has 0 amide bonds. The number of ether oxygens (including phenoxy) is 2. The Balaban J connectivity index is 1.33. The van der Waals surface area contributed by atoms with Gasteiger partial charge in [-0.3, -0.25) is 28.1 Å². The predicted octanol–water partition coefficient (Wildman–Crippen LogP) is 3.38. The summed E-state index contributed by atoms with van der Waals surface area (Å²) < 4.78 is 46.8. The van der Waals surface area contributed by atoms with Crippen LogP contribution in [0.3, 0.4) is 0 Å². The van der Waals surface area contributed by atoms with Crippen molar-refractivity contribution in [1.82, 2.24) is 19.1 Å². The molecule has 17 nitrogen and oxygen atoms in total. The summed E-state index contributed by atoms with van der Waals surface area (Å²) in [7, 11) is -4.80. The minimum Gasteiger partial charge on any atom is -0.394 e. The minimum atomic E-state index is -4.80. The van der Waals surface area contributed by atoms with Crippen LogP contribution in [0.25, 0.3) is 0 Å². The van der Waals surface area contributed by atoms with E-state index in [1.165, 1.54) is 76.5 Å². The molecule has 8 atom stereocenters. The highest BCUT2D eigenvalue weighted by Crippen LogP contribution is 2.49. The van der Waals surface area contributed by atoms with Crippen molar-refractivity contribution in [2.75, 3.05) is 24.4 Å². The number of aliphatic hydroxyl groups is 4. The number of hydrogen-bond acceptors (Lipinski definition) is 12. The zero-order valence-corrected chi connectivity index (χ0v) is 32.5. The monoisotopic (exact) mass is 803 g/mol. The highest BCUT2D eigenvalue weighted by Gasteiger charge is 2.44. The normalized spacial score (nSPS) is 25.0. The van der Waals surface area contributed by atoms with Crippen LogP contribution in [-0.4, -0.2) is 94.7 Å². The van der Waals surface area contributed by atoms with Crippen LogP contribution in [-0.2, 0) is 18.6 Å². The average Bonchev–Trinajstić information content (AvgIpc) is 3.67. The first kappa shape index (κ1) is 44.9. The molecule has 2 aromatic rings. The topological polar surface area (TPSA) is 239 Å². The van der Waals surface area contributed by atoms with E-state index >= 15 is 0 Å².